The summed E-state index contributed by atoms with van der Waals surface area (Å²) >= 11 is 2.09. The number of thioether (sulfide) groups is 1. The van der Waals surface area contributed by atoms with Crippen LogP contribution in [0, 0.1) is 11.8 Å². The van der Waals surface area contributed by atoms with Gasteiger partial charge in [0.05, 0.1) is 12.2 Å². The molecule has 20 heavy (non-hydrogen) atoms. The minimum atomic E-state index is 0.247. The van der Waals surface area contributed by atoms with Crippen LogP contribution in [0.25, 0.3) is 0 Å². The summed E-state index contributed by atoms with van der Waals surface area (Å²) in [6.07, 6.45) is 6.45. The molecule has 0 radical (unpaired) electrons. The predicted octanol–water partition coefficient (Wildman–Crippen LogP) is 2.94. The van der Waals surface area contributed by atoms with Crippen molar-refractivity contribution in [1.29, 1.82) is 0 Å². The van der Waals surface area contributed by atoms with Gasteiger partial charge in [-0.1, -0.05) is 6.92 Å². The maximum absolute atomic E-state index is 6.19. The monoisotopic (exact) mass is 301 g/mol. The van der Waals surface area contributed by atoms with Gasteiger partial charge in [0, 0.05) is 20.3 Å². The minimum absolute atomic E-state index is 0.247. The molecule has 118 valence electrons. The van der Waals surface area contributed by atoms with Crippen molar-refractivity contribution in [3.8, 4) is 0 Å². The highest BCUT2D eigenvalue weighted by atomic mass is 32.2. The molecule has 2 unspecified atom stereocenters. The largest absolute Gasteiger partial charge is 0.383 e. The molecule has 2 atom stereocenters. The van der Waals surface area contributed by atoms with Crippen molar-refractivity contribution in [2.24, 2.45) is 11.8 Å². The molecule has 4 heteroatoms. The molecule has 2 saturated heterocycles. The number of ether oxygens (including phenoxy) is 2. The van der Waals surface area contributed by atoms with Crippen LogP contribution in [0.2, 0.25) is 0 Å². The molecule has 0 aromatic heterocycles. The van der Waals surface area contributed by atoms with E-state index in [4.69, 9.17) is 9.47 Å². The maximum atomic E-state index is 6.19. The van der Waals surface area contributed by atoms with E-state index in [0.29, 0.717) is 0 Å². The fraction of sp³-hybridized carbons (Fsp3) is 1.00. The molecule has 2 heterocycles. The van der Waals surface area contributed by atoms with Gasteiger partial charge in [-0.05, 0) is 62.0 Å². The van der Waals surface area contributed by atoms with E-state index >= 15 is 0 Å². The van der Waals surface area contributed by atoms with Crippen LogP contribution in [0.1, 0.15) is 39.0 Å². The van der Waals surface area contributed by atoms with Gasteiger partial charge < -0.3 is 14.8 Å². The van der Waals surface area contributed by atoms with Gasteiger partial charge >= 0.3 is 0 Å². The maximum Gasteiger partial charge on any atom is 0.0700 e. The Morgan fingerprint density at radius 1 is 1.40 bits per heavy atom. The van der Waals surface area contributed by atoms with Crippen LogP contribution in [0.15, 0.2) is 0 Å². The Labute approximate surface area is 128 Å². The van der Waals surface area contributed by atoms with E-state index in [0.717, 1.165) is 38.1 Å². The summed E-state index contributed by atoms with van der Waals surface area (Å²) < 4.78 is 11.3. The minimum Gasteiger partial charge on any atom is -0.383 e. The summed E-state index contributed by atoms with van der Waals surface area (Å²) in [5, 5.41) is 3.49. The van der Waals surface area contributed by atoms with Crippen LogP contribution in [-0.2, 0) is 9.47 Å². The molecule has 1 N–H and O–H groups in total. The second kappa shape index (κ2) is 8.62. The average Bonchev–Trinajstić information content (AvgIpc) is 2.44. The van der Waals surface area contributed by atoms with Gasteiger partial charge in [-0.2, -0.15) is 11.8 Å². The van der Waals surface area contributed by atoms with E-state index in [9.17, 15) is 0 Å². The van der Waals surface area contributed by atoms with Crippen LogP contribution in [0.3, 0.4) is 0 Å². The molecule has 0 aromatic carbocycles. The van der Waals surface area contributed by atoms with E-state index < -0.39 is 0 Å². The molecule has 0 aromatic rings. The first-order valence-electron chi connectivity index (χ1n) is 8.15. The highest BCUT2D eigenvalue weighted by Gasteiger charge is 2.38. The average molecular weight is 301 g/mol. The van der Waals surface area contributed by atoms with Gasteiger partial charge in [0.1, 0.15) is 0 Å². The summed E-state index contributed by atoms with van der Waals surface area (Å²) in [5.74, 6) is 4.21. The first-order valence-corrected chi connectivity index (χ1v) is 9.31. The quantitative estimate of drug-likeness (QED) is 0.732. The molecule has 0 amide bonds. The van der Waals surface area contributed by atoms with Crippen molar-refractivity contribution in [3.63, 3.8) is 0 Å². The van der Waals surface area contributed by atoms with Gasteiger partial charge in [-0.15, -0.1) is 0 Å². The Balaban J connectivity index is 1.69. The fourth-order valence-electron chi connectivity index (χ4n) is 3.60. The SMILES string of the molecule is COCCNCC(C)CC1CCOC2(CCSCC2)C1. The first-order chi connectivity index (χ1) is 9.74. The molecule has 0 bridgehead atoms. The van der Waals surface area contributed by atoms with Crippen LogP contribution >= 0.6 is 11.8 Å². The molecule has 0 aliphatic carbocycles. The number of methoxy groups -OCH3 is 1. The lowest BCUT2D eigenvalue weighted by molar-refractivity contribution is -0.104. The molecular weight excluding hydrogens is 270 g/mol. The fourth-order valence-corrected chi connectivity index (χ4v) is 4.83. The van der Waals surface area contributed by atoms with Crippen LogP contribution in [-0.4, -0.2) is 50.5 Å². The van der Waals surface area contributed by atoms with Crippen molar-refractivity contribution >= 4 is 11.8 Å². The molecule has 1 spiro atoms. The van der Waals surface area contributed by atoms with Crippen LogP contribution in [0.4, 0.5) is 0 Å². The van der Waals surface area contributed by atoms with Crippen molar-refractivity contribution in [2.75, 3.05) is 44.9 Å². The molecule has 2 fully saturated rings. The smallest absolute Gasteiger partial charge is 0.0700 e. The van der Waals surface area contributed by atoms with Gasteiger partial charge in [0.2, 0.25) is 0 Å². The lowest BCUT2D eigenvalue weighted by Crippen LogP contribution is -2.43. The second-order valence-corrected chi connectivity index (χ2v) is 7.77. The predicted molar refractivity (Wildman–Crippen MR) is 86.5 cm³/mol. The van der Waals surface area contributed by atoms with E-state index in [1.54, 1.807) is 7.11 Å². The zero-order valence-electron chi connectivity index (χ0n) is 13.2. The number of hydrogen-bond donors (Lipinski definition) is 1. The third-order valence-electron chi connectivity index (χ3n) is 4.71. The normalized spacial score (nSPS) is 27.6. The molecular formula is C16H31NO2S. The molecule has 3 nitrogen and oxygen atoms in total. The summed E-state index contributed by atoms with van der Waals surface area (Å²) in [4.78, 5) is 0. The van der Waals surface area contributed by atoms with Crippen LogP contribution < -0.4 is 5.32 Å². The van der Waals surface area contributed by atoms with E-state index in [-0.39, 0.29) is 5.60 Å². The van der Waals surface area contributed by atoms with Gasteiger partial charge in [-0.3, -0.25) is 0 Å². The zero-order chi connectivity index (χ0) is 14.3. The molecule has 2 aliphatic rings. The standard InChI is InChI=1S/C16H31NO2S/c1-14(13-17-6-8-18-2)11-15-3-7-19-16(12-15)4-9-20-10-5-16/h14-15,17H,3-13H2,1-2H3. The molecule has 2 aliphatic heterocycles. The first kappa shape index (κ1) is 16.6. The van der Waals surface area contributed by atoms with Gasteiger partial charge in [0.15, 0.2) is 0 Å². The summed E-state index contributed by atoms with van der Waals surface area (Å²) in [5.41, 5.74) is 0.247. The summed E-state index contributed by atoms with van der Waals surface area (Å²) in [6.45, 7) is 6.25. The van der Waals surface area contributed by atoms with E-state index in [2.05, 4.69) is 24.0 Å². The topological polar surface area (TPSA) is 30.5 Å². The Morgan fingerprint density at radius 3 is 2.95 bits per heavy atom. The summed E-state index contributed by atoms with van der Waals surface area (Å²) in [7, 11) is 1.76. The van der Waals surface area contributed by atoms with Crippen molar-refractivity contribution in [2.45, 2.75) is 44.6 Å². The molecule has 2 rings (SSSR count). The Bertz CT molecular complexity index is 264. The third kappa shape index (κ3) is 5.21. The van der Waals surface area contributed by atoms with Gasteiger partial charge in [-0.25, -0.2) is 0 Å². The van der Waals surface area contributed by atoms with E-state index in [1.807, 2.05) is 0 Å². The Kier molecular flexibility index (Phi) is 7.15. The van der Waals surface area contributed by atoms with Crippen molar-refractivity contribution in [3.05, 3.63) is 0 Å². The lowest BCUT2D eigenvalue weighted by atomic mass is 9.78. The van der Waals surface area contributed by atoms with Crippen LogP contribution in [0.5, 0.6) is 0 Å². The van der Waals surface area contributed by atoms with Crippen molar-refractivity contribution in [1.82, 2.24) is 5.32 Å². The highest BCUT2D eigenvalue weighted by molar-refractivity contribution is 7.99. The third-order valence-corrected chi connectivity index (χ3v) is 5.70. The van der Waals surface area contributed by atoms with E-state index in [1.165, 1.54) is 43.6 Å². The summed E-state index contributed by atoms with van der Waals surface area (Å²) in [6, 6.07) is 0. The Hall–Kier alpha value is 0.230. The zero-order valence-corrected chi connectivity index (χ0v) is 14.0. The number of rotatable bonds is 7. The van der Waals surface area contributed by atoms with Crippen molar-refractivity contribution < 1.29 is 9.47 Å². The second-order valence-electron chi connectivity index (χ2n) is 6.54. The Morgan fingerprint density at radius 2 is 2.20 bits per heavy atom. The number of nitrogens with one attached hydrogen (secondary N) is 1. The molecule has 0 saturated carbocycles. The highest BCUT2D eigenvalue weighted by Crippen LogP contribution is 2.41. The van der Waals surface area contributed by atoms with Gasteiger partial charge in [0.25, 0.3) is 0 Å². The lowest BCUT2D eigenvalue weighted by Gasteiger charge is -2.44. The number of hydrogen-bond acceptors (Lipinski definition) is 4.